The highest BCUT2D eigenvalue weighted by molar-refractivity contribution is 6.38. The molecule has 8 heteroatoms. The van der Waals surface area contributed by atoms with Crippen molar-refractivity contribution in [2.24, 2.45) is 9.98 Å². The molecule has 0 spiro atoms. The number of carboxylic acids is 2. The van der Waals surface area contributed by atoms with Crippen molar-refractivity contribution in [3.05, 3.63) is 156 Å². The topological polar surface area (TPSA) is 140 Å². The van der Waals surface area contributed by atoms with Crippen LogP contribution in [0.15, 0.2) is 143 Å². The van der Waals surface area contributed by atoms with E-state index in [4.69, 9.17) is 9.98 Å². The normalized spacial score (nSPS) is 12.5. The van der Waals surface area contributed by atoms with Crippen molar-refractivity contribution in [3.63, 3.8) is 0 Å². The summed E-state index contributed by atoms with van der Waals surface area (Å²) in [6, 6.07) is 40.0. The van der Waals surface area contributed by atoms with Gasteiger partial charge in [0.2, 0.25) is 11.8 Å². The zero-order valence-electron chi connectivity index (χ0n) is 27.2. The van der Waals surface area contributed by atoms with Crippen LogP contribution in [0.5, 0.6) is 0 Å². The monoisotopic (exact) mass is 678 g/mol. The van der Waals surface area contributed by atoms with Gasteiger partial charge in [0.15, 0.2) is 0 Å². The zero-order valence-corrected chi connectivity index (χ0v) is 27.2. The van der Waals surface area contributed by atoms with Crippen molar-refractivity contribution in [1.29, 1.82) is 0 Å². The first-order valence-electron chi connectivity index (χ1n) is 16.5. The third kappa shape index (κ3) is 4.62. The number of carboxylic acid groups (broad SMARTS) is 2. The summed E-state index contributed by atoms with van der Waals surface area (Å²) in [5.41, 5.74) is 1.56. The number of rotatable bonds is 6. The van der Waals surface area contributed by atoms with E-state index >= 15 is 0 Å². The SMILES string of the molecule is O=C(O)c1ccc2c3ccc(C(O)=Nc4cccc5ccccc45)c4c(C(O)=Nc5cccc6ccccc56)ccc(c5ccc(C(=O)O)c1c25)c43. The summed E-state index contributed by atoms with van der Waals surface area (Å²) in [4.78, 5) is 34.2. The zero-order chi connectivity index (χ0) is 35.7. The number of aromatic carboxylic acids is 2. The summed E-state index contributed by atoms with van der Waals surface area (Å²) in [7, 11) is 0. The molecule has 0 amide bonds. The minimum Gasteiger partial charge on any atom is -0.493 e. The van der Waals surface area contributed by atoms with Gasteiger partial charge in [0, 0.05) is 32.7 Å². The second kappa shape index (κ2) is 11.6. The lowest BCUT2D eigenvalue weighted by Crippen LogP contribution is -2.08. The summed E-state index contributed by atoms with van der Waals surface area (Å²) in [5.74, 6) is -3.04. The van der Waals surface area contributed by atoms with Crippen molar-refractivity contribution in [3.8, 4) is 0 Å². The van der Waals surface area contributed by atoms with Crippen molar-refractivity contribution in [1.82, 2.24) is 0 Å². The van der Waals surface area contributed by atoms with Gasteiger partial charge in [0.05, 0.1) is 22.5 Å². The van der Waals surface area contributed by atoms with E-state index in [1.807, 2.05) is 97.1 Å². The van der Waals surface area contributed by atoms with E-state index in [9.17, 15) is 30.0 Å². The Bertz CT molecular complexity index is 2850. The quantitative estimate of drug-likeness (QED) is 0.0597. The molecule has 9 rings (SSSR count). The van der Waals surface area contributed by atoms with Crippen molar-refractivity contribution < 1.29 is 30.0 Å². The Morgan fingerprint density at radius 1 is 0.346 bits per heavy atom. The van der Waals surface area contributed by atoms with Crippen LogP contribution in [-0.4, -0.2) is 44.2 Å². The number of fused-ring (bicyclic) bond motifs is 4. The minimum absolute atomic E-state index is 0.120. The summed E-state index contributed by atoms with van der Waals surface area (Å²) in [6.07, 6.45) is 0. The number of hydrogen-bond donors (Lipinski definition) is 4. The average Bonchev–Trinajstić information content (AvgIpc) is 3.16. The van der Waals surface area contributed by atoms with Gasteiger partial charge < -0.3 is 20.4 Å². The van der Waals surface area contributed by atoms with Gasteiger partial charge in [0.25, 0.3) is 0 Å². The second-order valence-corrected chi connectivity index (χ2v) is 12.6. The van der Waals surface area contributed by atoms with E-state index in [0.29, 0.717) is 60.2 Å². The standard InChI is InChI=1S/C44H26N2O6/c47-41(45-35-13-5-9-23-7-1-3-11-25(23)35)31-19-15-27-29-17-21-33(43(49)50)40-34(44(51)52)22-18-30(38(29)40)28-16-20-32(39(31)37(27)28)42(48)46-36-14-6-10-24-8-2-4-12-26(24)36/h1-22H,(H,45,47)(H,46,48)(H,49,50)(H,51,52). The molecular weight excluding hydrogens is 652 g/mol. The molecule has 0 aliphatic heterocycles. The largest absolute Gasteiger partial charge is 0.493 e. The number of nitrogens with zero attached hydrogens (tertiary/aromatic N) is 2. The van der Waals surface area contributed by atoms with Crippen LogP contribution in [0.2, 0.25) is 0 Å². The third-order valence-electron chi connectivity index (χ3n) is 9.83. The molecule has 9 aromatic rings. The smallest absolute Gasteiger partial charge is 0.336 e. The third-order valence-corrected chi connectivity index (χ3v) is 9.83. The van der Waals surface area contributed by atoms with E-state index in [2.05, 4.69) is 0 Å². The molecule has 4 N–H and O–H groups in total. The molecular formula is C44H26N2O6. The van der Waals surface area contributed by atoms with Crippen LogP contribution in [0, 0.1) is 0 Å². The fraction of sp³-hybridized carbons (Fsp3) is 0. The molecule has 0 bridgehead atoms. The fourth-order valence-corrected chi connectivity index (χ4v) is 7.58. The van der Waals surface area contributed by atoms with Crippen molar-refractivity contribution >= 4 is 99.7 Å². The molecule has 0 aromatic heterocycles. The molecule has 0 saturated carbocycles. The molecule has 0 fully saturated rings. The van der Waals surface area contributed by atoms with E-state index in [-0.39, 0.29) is 28.3 Å². The Labute approximate surface area is 294 Å². The number of aliphatic hydroxyl groups excluding tert-OH is 2. The molecule has 52 heavy (non-hydrogen) atoms. The van der Waals surface area contributed by atoms with Gasteiger partial charge in [-0.1, -0.05) is 97.1 Å². The Hall–Kier alpha value is -7.32. The molecule has 0 aliphatic rings. The first-order chi connectivity index (χ1) is 25.3. The minimum atomic E-state index is -1.24. The average molecular weight is 679 g/mol. The Balaban J connectivity index is 1.40. The number of hydrogen-bond acceptors (Lipinski definition) is 4. The molecule has 9 aromatic carbocycles. The van der Waals surface area contributed by atoms with Gasteiger partial charge >= 0.3 is 11.9 Å². The summed E-state index contributed by atoms with van der Waals surface area (Å²) < 4.78 is 0. The van der Waals surface area contributed by atoms with Crippen LogP contribution < -0.4 is 0 Å². The van der Waals surface area contributed by atoms with E-state index in [1.54, 1.807) is 24.3 Å². The van der Waals surface area contributed by atoms with E-state index in [1.165, 1.54) is 12.1 Å². The first-order valence-corrected chi connectivity index (χ1v) is 16.5. The lowest BCUT2D eigenvalue weighted by Gasteiger charge is -2.19. The highest BCUT2D eigenvalue weighted by Crippen LogP contribution is 2.44. The van der Waals surface area contributed by atoms with Crippen LogP contribution in [0.25, 0.3) is 64.6 Å². The molecule has 248 valence electrons. The van der Waals surface area contributed by atoms with E-state index in [0.717, 1.165) is 21.5 Å². The Morgan fingerprint density at radius 3 is 1.10 bits per heavy atom. The van der Waals surface area contributed by atoms with Gasteiger partial charge in [-0.25, -0.2) is 19.6 Å². The lowest BCUT2D eigenvalue weighted by molar-refractivity contribution is 0.0695. The molecule has 0 aliphatic carbocycles. The molecule has 0 radical (unpaired) electrons. The van der Waals surface area contributed by atoms with Crippen molar-refractivity contribution in [2.45, 2.75) is 0 Å². The van der Waals surface area contributed by atoms with Gasteiger partial charge in [-0.3, -0.25) is 0 Å². The Morgan fingerprint density at radius 2 is 0.692 bits per heavy atom. The maximum Gasteiger partial charge on any atom is 0.336 e. The predicted molar refractivity (Wildman–Crippen MR) is 207 cm³/mol. The van der Waals surface area contributed by atoms with Gasteiger partial charge in [-0.05, 0) is 79.5 Å². The van der Waals surface area contributed by atoms with Crippen molar-refractivity contribution in [2.75, 3.05) is 0 Å². The van der Waals surface area contributed by atoms with Crippen LogP contribution in [0.1, 0.15) is 31.8 Å². The molecule has 0 unspecified atom stereocenters. The number of carbonyl (C=O) groups is 2. The molecule has 0 heterocycles. The molecule has 0 atom stereocenters. The highest BCUT2D eigenvalue weighted by atomic mass is 16.4. The summed E-state index contributed by atoms with van der Waals surface area (Å²) in [5, 5.41) is 51.9. The van der Waals surface area contributed by atoms with Gasteiger partial charge in [-0.2, -0.15) is 0 Å². The Kier molecular flexibility index (Phi) is 6.88. The number of aliphatic hydroxyl groups is 2. The first kappa shape index (κ1) is 30.7. The van der Waals surface area contributed by atoms with Gasteiger partial charge in [0.1, 0.15) is 0 Å². The second-order valence-electron chi connectivity index (χ2n) is 12.6. The van der Waals surface area contributed by atoms with E-state index < -0.39 is 11.9 Å². The van der Waals surface area contributed by atoms with Crippen LogP contribution in [-0.2, 0) is 0 Å². The van der Waals surface area contributed by atoms with Crippen LogP contribution in [0.4, 0.5) is 11.4 Å². The number of aliphatic imine (C=N–C) groups is 2. The number of benzene rings is 9. The van der Waals surface area contributed by atoms with Crippen LogP contribution in [0.3, 0.4) is 0 Å². The van der Waals surface area contributed by atoms with Gasteiger partial charge in [-0.15, -0.1) is 0 Å². The lowest BCUT2D eigenvalue weighted by atomic mass is 9.84. The fourth-order valence-electron chi connectivity index (χ4n) is 7.58. The summed E-state index contributed by atoms with van der Waals surface area (Å²) in [6.45, 7) is 0. The summed E-state index contributed by atoms with van der Waals surface area (Å²) >= 11 is 0. The highest BCUT2D eigenvalue weighted by Gasteiger charge is 2.25. The van der Waals surface area contributed by atoms with Crippen LogP contribution >= 0.6 is 0 Å². The maximum atomic E-state index is 12.4. The predicted octanol–water partition coefficient (Wildman–Crippen LogP) is 10.7. The molecule has 8 nitrogen and oxygen atoms in total. The maximum absolute atomic E-state index is 12.4. The molecule has 0 saturated heterocycles.